The molecule has 1 unspecified atom stereocenters. The first-order chi connectivity index (χ1) is 11.7. The van der Waals surface area contributed by atoms with Crippen LogP contribution in [0.3, 0.4) is 0 Å². The van der Waals surface area contributed by atoms with Crippen LogP contribution in [0.15, 0.2) is 30.5 Å². The topological polar surface area (TPSA) is 57.2 Å². The Kier molecular flexibility index (Phi) is 5.13. The van der Waals surface area contributed by atoms with Gasteiger partial charge in [-0.25, -0.2) is 0 Å². The van der Waals surface area contributed by atoms with Gasteiger partial charge in [-0.2, -0.15) is 10.1 Å². The highest BCUT2D eigenvalue weighted by atomic mass is 15.3. The van der Waals surface area contributed by atoms with Crippen LogP contribution in [0.2, 0.25) is 0 Å². The number of nitrogens with zero attached hydrogens (tertiary/aromatic N) is 5. The summed E-state index contributed by atoms with van der Waals surface area (Å²) in [7, 11) is 4.06. The van der Waals surface area contributed by atoms with Crippen LogP contribution < -0.4 is 15.1 Å². The Bertz CT molecular complexity index is 655. The van der Waals surface area contributed by atoms with Gasteiger partial charge in [0.05, 0.1) is 6.20 Å². The lowest BCUT2D eigenvalue weighted by Gasteiger charge is -2.35. The molecule has 0 radical (unpaired) electrons. The highest BCUT2D eigenvalue weighted by molar-refractivity contribution is 5.59. The lowest BCUT2D eigenvalue weighted by molar-refractivity contribution is 0.446. The van der Waals surface area contributed by atoms with Gasteiger partial charge in [-0.3, -0.25) is 0 Å². The zero-order valence-electron chi connectivity index (χ0n) is 14.7. The van der Waals surface area contributed by atoms with Gasteiger partial charge in [0.15, 0.2) is 5.82 Å². The Hall–Kier alpha value is -2.37. The highest BCUT2D eigenvalue weighted by Gasteiger charge is 2.22. The summed E-state index contributed by atoms with van der Waals surface area (Å²) in [4.78, 5) is 9.12. The van der Waals surface area contributed by atoms with E-state index in [4.69, 9.17) is 0 Å². The van der Waals surface area contributed by atoms with Crippen LogP contribution in [0.1, 0.15) is 32.6 Å². The third-order valence-corrected chi connectivity index (χ3v) is 4.58. The summed E-state index contributed by atoms with van der Waals surface area (Å²) in [5.41, 5.74) is 2.12. The summed E-state index contributed by atoms with van der Waals surface area (Å²) in [6, 6.07) is 8.75. The monoisotopic (exact) mass is 326 g/mol. The van der Waals surface area contributed by atoms with Crippen molar-refractivity contribution in [2.24, 2.45) is 0 Å². The van der Waals surface area contributed by atoms with Crippen LogP contribution in [-0.2, 0) is 0 Å². The molecule has 6 nitrogen and oxygen atoms in total. The second kappa shape index (κ2) is 7.47. The van der Waals surface area contributed by atoms with Gasteiger partial charge in [0.1, 0.15) is 0 Å². The largest absolute Gasteiger partial charge is 0.378 e. The van der Waals surface area contributed by atoms with Crippen molar-refractivity contribution in [1.29, 1.82) is 0 Å². The van der Waals surface area contributed by atoms with Crippen LogP contribution in [0.5, 0.6) is 0 Å². The number of rotatable bonds is 5. The summed E-state index contributed by atoms with van der Waals surface area (Å²) in [6.45, 7) is 3.29. The molecular formula is C18H26N6. The van der Waals surface area contributed by atoms with Crippen LogP contribution in [-0.4, -0.2) is 41.9 Å². The number of anilines is 4. The number of aromatic nitrogens is 3. The molecule has 2 heterocycles. The zero-order valence-corrected chi connectivity index (χ0v) is 14.7. The fraction of sp³-hybridized carbons (Fsp3) is 0.500. The maximum absolute atomic E-state index is 4.68. The SMILES string of the molecule is CCC1CCCCN1c1cnnc(Nc2ccc(N(C)C)cc2)n1. The van der Waals surface area contributed by atoms with E-state index in [1.54, 1.807) is 6.20 Å². The number of nitrogens with one attached hydrogen (secondary N) is 1. The van der Waals surface area contributed by atoms with Crippen molar-refractivity contribution in [3.8, 4) is 0 Å². The fourth-order valence-corrected chi connectivity index (χ4v) is 3.18. The first kappa shape index (κ1) is 16.5. The van der Waals surface area contributed by atoms with E-state index in [-0.39, 0.29) is 0 Å². The first-order valence-electron chi connectivity index (χ1n) is 8.68. The second-order valence-corrected chi connectivity index (χ2v) is 6.46. The van der Waals surface area contributed by atoms with Crippen molar-refractivity contribution in [2.75, 3.05) is 35.8 Å². The van der Waals surface area contributed by atoms with Crippen molar-refractivity contribution >= 4 is 23.1 Å². The standard InChI is InChI=1S/C18H26N6/c1-4-15-7-5-6-12-24(15)17-13-19-22-18(21-17)20-14-8-10-16(11-9-14)23(2)3/h8-11,13,15H,4-7,12H2,1-3H3,(H,20,21,22). The van der Waals surface area contributed by atoms with Gasteiger partial charge in [-0.15, -0.1) is 5.10 Å². The first-order valence-corrected chi connectivity index (χ1v) is 8.68. The average molecular weight is 326 g/mol. The second-order valence-electron chi connectivity index (χ2n) is 6.46. The molecule has 2 aromatic rings. The van der Waals surface area contributed by atoms with Gasteiger partial charge in [-0.1, -0.05) is 6.92 Å². The molecule has 128 valence electrons. The number of piperidine rings is 1. The van der Waals surface area contributed by atoms with Crippen LogP contribution in [0, 0.1) is 0 Å². The summed E-state index contributed by atoms with van der Waals surface area (Å²) in [5.74, 6) is 1.47. The Morgan fingerprint density at radius 3 is 2.71 bits per heavy atom. The molecule has 3 rings (SSSR count). The molecule has 1 atom stereocenters. The van der Waals surface area contributed by atoms with E-state index >= 15 is 0 Å². The summed E-state index contributed by atoms with van der Waals surface area (Å²) >= 11 is 0. The molecule has 1 aromatic heterocycles. The Morgan fingerprint density at radius 2 is 2.00 bits per heavy atom. The van der Waals surface area contributed by atoms with Crippen molar-refractivity contribution in [3.05, 3.63) is 30.5 Å². The van der Waals surface area contributed by atoms with Gasteiger partial charge < -0.3 is 15.1 Å². The number of hydrogen-bond acceptors (Lipinski definition) is 6. The van der Waals surface area contributed by atoms with E-state index in [9.17, 15) is 0 Å². The molecule has 0 saturated carbocycles. The minimum atomic E-state index is 0.547. The van der Waals surface area contributed by atoms with E-state index in [2.05, 4.69) is 49.4 Å². The minimum absolute atomic E-state index is 0.547. The maximum Gasteiger partial charge on any atom is 0.249 e. The van der Waals surface area contributed by atoms with Crippen molar-refractivity contribution in [1.82, 2.24) is 15.2 Å². The summed E-state index contributed by atoms with van der Waals surface area (Å²) in [6.07, 6.45) is 6.66. The van der Waals surface area contributed by atoms with E-state index in [0.717, 1.165) is 30.2 Å². The molecule has 0 aliphatic carbocycles. The lowest BCUT2D eigenvalue weighted by atomic mass is 10.0. The van der Waals surface area contributed by atoms with Gasteiger partial charge in [0, 0.05) is 38.1 Å². The molecule has 24 heavy (non-hydrogen) atoms. The maximum atomic E-state index is 4.68. The minimum Gasteiger partial charge on any atom is -0.378 e. The smallest absolute Gasteiger partial charge is 0.249 e. The van der Waals surface area contributed by atoms with Crippen molar-refractivity contribution in [3.63, 3.8) is 0 Å². The molecule has 1 fully saturated rings. The molecule has 0 bridgehead atoms. The molecular weight excluding hydrogens is 300 g/mol. The third-order valence-electron chi connectivity index (χ3n) is 4.58. The Morgan fingerprint density at radius 1 is 1.21 bits per heavy atom. The van der Waals surface area contributed by atoms with E-state index in [0.29, 0.717) is 12.0 Å². The fourth-order valence-electron chi connectivity index (χ4n) is 3.18. The Balaban J connectivity index is 1.75. The van der Waals surface area contributed by atoms with Crippen LogP contribution in [0.25, 0.3) is 0 Å². The molecule has 1 aromatic carbocycles. The number of hydrogen-bond donors (Lipinski definition) is 1. The van der Waals surface area contributed by atoms with Gasteiger partial charge in [0.25, 0.3) is 0 Å². The predicted octanol–water partition coefficient (Wildman–Crippen LogP) is 3.45. The van der Waals surface area contributed by atoms with E-state index < -0.39 is 0 Å². The molecule has 0 amide bonds. The Labute approximate surface area is 143 Å². The summed E-state index contributed by atoms with van der Waals surface area (Å²) < 4.78 is 0. The molecule has 1 aliphatic rings. The van der Waals surface area contributed by atoms with Gasteiger partial charge in [-0.05, 0) is 49.9 Å². The third kappa shape index (κ3) is 3.75. The molecule has 1 aliphatic heterocycles. The van der Waals surface area contributed by atoms with E-state index in [1.165, 1.54) is 19.3 Å². The van der Waals surface area contributed by atoms with Gasteiger partial charge >= 0.3 is 0 Å². The van der Waals surface area contributed by atoms with Crippen molar-refractivity contribution in [2.45, 2.75) is 38.6 Å². The average Bonchev–Trinajstić information content (AvgIpc) is 2.62. The summed E-state index contributed by atoms with van der Waals surface area (Å²) in [5, 5.41) is 11.5. The molecule has 1 N–H and O–H groups in total. The lowest BCUT2D eigenvalue weighted by Crippen LogP contribution is -2.39. The van der Waals surface area contributed by atoms with Crippen LogP contribution >= 0.6 is 0 Å². The number of benzene rings is 1. The van der Waals surface area contributed by atoms with Gasteiger partial charge in [0.2, 0.25) is 5.95 Å². The quantitative estimate of drug-likeness (QED) is 0.908. The zero-order chi connectivity index (χ0) is 16.9. The molecule has 1 saturated heterocycles. The van der Waals surface area contributed by atoms with Crippen molar-refractivity contribution < 1.29 is 0 Å². The highest BCUT2D eigenvalue weighted by Crippen LogP contribution is 2.25. The normalized spacial score (nSPS) is 17.6. The molecule has 6 heteroatoms. The predicted molar refractivity (Wildman–Crippen MR) is 99.2 cm³/mol. The molecule has 0 spiro atoms. The van der Waals surface area contributed by atoms with E-state index in [1.807, 2.05) is 26.2 Å². The van der Waals surface area contributed by atoms with Crippen LogP contribution in [0.4, 0.5) is 23.1 Å².